The molecule has 0 amide bonds. The predicted octanol–water partition coefficient (Wildman–Crippen LogP) is 2.15. The number of nitrogens with zero attached hydrogens (tertiary/aromatic N) is 1. The first-order chi connectivity index (χ1) is 7.66. The van der Waals surface area contributed by atoms with Crippen molar-refractivity contribution in [3.05, 3.63) is 30.3 Å². The van der Waals surface area contributed by atoms with Crippen molar-refractivity contribution in [1.29, 1.82) is 5.26 Å². The second-order valence-corrected chi connectivity index (χ2v) is 6.23. The summed E-state index contributed by atoms with van der Waals surface area (Å²) in [6, 6.07) is 10.5. The van der Waals surface area contributed by atoms with Gasteiger partial charge in [-0.15, -0.1) is 0 Å². The van der Waals surface area contributed by atoms with E-state index in [1.165, 1.54) is 0 Å². The van der Waals surface area contributed by atoms with Gasteiger partial charge in [0.05, 0.1) is 22.1 Å². The maximum Gasteiger partial charge on any atom is 0.182 e. The average molecular weight is 235 g/mol. The Hall–Kier alpha value is -1.34. The van der Waals surface area contributed by atoms with Crippen molar-refractivity contribution in [1.82, 2.24) is 0 Å². The second kappa shape index (κ2) is 4.26. The van der Waals surface area contributed by atoms with Crippen LogP contribution in [0, 0.1) is 17.2 Å². The van der Waals surface area contributed by atoms with Gasteiger partial charge in [-0.3, -0.25) is 0 Å². The van der Waals surface area contributed by atoms with Crippen LogP contribution in [0.1, 0.15) is 19.3 Å². The maximum atomic E-state index is 12.3. The number of hydrogen-bond acceptors (Lipinski definition) is 3. The van der Waals surface area contributed by atoms with E-state index >= 15 is 0 Å². The van der Waals surface area contributed by atoms with Crippen molar-refractivity contribution in [2.75, 3.05) is 0 Å². The molecule has 0 aromatic heterocycles. The van der Waals surface area contributed by atoms with Crippen LogP contribution in [0.3, 0.4) is 0 Å². The molecule has 1 aliphatic carbocycles. The summed E-state index contributed by atoms with van der Waals surface area (Å²) in [7, 11) is -3.32. The van der Waals surface area contributed by atoms with Gasteiger partial charge in [-0.05, 0) is 25.0 Å². The molecule has 0 radical (unpaired) electrons. The monoisotopic (exact) mass is 235 g/mol. The van der Waals surface area contributed by atoms with Crippen LogP contribution in [0.4, 0.5) is 0 Å². The third kappa shape index (κ3) is 1.83. The van der Waals surface area contributed by atoms with Gasteiger partial charge in [0.25, 0.3) is 0 Å². The molecule has 1 aliphatic rings. The fourth-order valence-corrected chi connectivity index (χ4v) is 4.22. The third-order valence-electron chi connectivity index (χ3n) is 3.09. The number of hydrogen-bond donors (Lipinski definition) is 0. The van der Waals surface area contributed by atoms with E-state index in [-0.39, 0.29) is 5.92 Å². The minimum absolute atomic E-state index is 0.335. The summed E-state index contributed by atoms with van der Waals surface area (Å²) in [4.78, 5) is 0.335. The normalized spacial score (nSPS) is 25.2. The Balaban J connectivity index is 2.37. The second-order valence-electron chi connectivity index (χ2n) is 4.06. The van der Waals surface area contributed by atoms with Crippen LogP contribution in [-0.2, 0) is 9.84 Å². The van der Waals surface area contributed by atoms with Crippen molar-refractivity contribution < 1.29 is 8.42 Å². The highest BCUT2D eigenvalue weighted by atomic mass is 32.2. The first-order valence-electron chi connectivity index (χ1n) is 5.35. The van der Waals surface area contributed by atoms with Gasteiger partial charge in [-0.25, -0.2) is 8.42 Å². The standard InChI is InChI=1S/C12H13NO2S/c13-9-10-5-4-8-12(10)16(14,15)11-6-2-1-3-7-11/h1-3,6-7,10,12H,4-5,8H2. The van der Waals surface area contributed by atoms with Crippen LogP contribution >= 0.6 is 0 Å². The Kier molecular flexibility index (Phi) is 2.97. The third-order valence-corrected chi connectivity index (χ3v) is 5.38. The first-order valence-corrected chi connectivity index (χ1v) is 6.89. The Labute approximate surface area is 95.6 Å². The fraction of sp³-hybridized carbons (Fsp3) is 0.417. The summed E-state index contributed by atoms with van der Waals surface area (Å²) in [5.41, 5.74) is 0. The Morgan fingerprint density at radius 2 is 1.88 bits per heavy atom. The zero-order valence-corrected chi connectivity index (χ0v) is 9.65. The summed E-state index contributed by atoms with van der Waals surface area (Å²) < 4.78 is 24.5. The van der Waals surface area contributed by atoms with Gasteiger partial charge < -0.3 is 0 Å². The lowest BCUT2D eigenvalue weighted by atomic mass is 10.1. The minimum atomic E-state index is -3.32. The molecular formula is C12H13NO2S. The molecule has 1 saturated carbocycles. The molecule has 2 atom stereocenters. The molecule has 0 N–H and O–H groups in total. The summed E-state index contributed by atoms with van der Waals surface area (Å²) in [5.74, 6) is -0.342. The topological polar surface area (TPSA) is 57.9 Å². The van der Waals surface area contributed by atoms with Crippen molar-refractivity contribution in [2.45, 2.75) is 29.4 Å². The maximum absolute atomic E-state index is 12.3. The average Bonchev–Trinajstić information content (AvgIpc) is 2.79. The smallest absolute Gasteiger partial charge is 0.182 e. The highest BCUT2D eigenvalue weighted by molar-refractivity contribution is 7.92. The number of nitriles is 1. The van der Waals surface area contributed by atoms with E-state index in [1.54, 1.807) is 30.3 Å². The van der Waals surface area contributed by atoms with Crippen molar-refractivity contribution in [3.8, 4) is 6.07 Å². The van der Waals surface area contributed by atoms with Gasteiger partial charge in [0.1, 0.15) is 0 Å². The molecule has 2 unspecified atom stereocenters. The predicted molar refractivity (Wildman–Crippen MR) is 60.4 cm³/mol. The number of rotatable bonds is 2. The van der Waals surface area contributed by atoms with Crippen LogP contribution in [0.25, 0.3) is 0 Å². The van der Waals surface area contributed by atoms with E-state index in [2.05, 4.69) is 6.07 Å². The molecule has 1 aromatic rings. The quantitative estimate of drug-likeness (QED) is 0.789. The number of benzene rings is 1. The van der Waals surface area contributed by atoms with E-state index in [0.29, 0.717) is 17.7 Å². The molecule has 3 nitrogen and oxygen atoms in total. The van der Waals surface area contributed by atoms with Crippen LogP contribution < -0.4 is 0 Å². The van der Waals surface area contributed by atoms with Gasteiger partial charge in [-0.2, -0.15) is 5.26 Å². The van der Waals surface area contributed by atoms with E-state index in [4.69, 9.17) is 5.26 Å². The zero-order valence-electron chi connectivity index (χ0n) is 8.83. The molecule has 0 spiro atoms. The lowest BCUT2D eigenvalue weighted by Crippen LogP contribution is -2.24. The van der Waals surface area contributed by atoms with Crippen molar-refractivity contribution in [2.24, 2.45) is 5.92 Å². The summed E-state index contributed by atoms with van der Waals surface area (Å²) >= 11 is 0. The van der Waals surface area contributed by atoms with Crippen LogP contribution in [0.5, 0.6) is 0 Å². The molecule has 16 heavy (non-hydrogen) atoms. The molecule has 0 heterocycles. The Bertz CT molecular complexity index is 502. The molecule has 2 rings (SSSR count). The highest BCUT2D eigenvalue weighted by Crippen LogP contribution is 2.33. The van der Waals surface area contributed by atoms with E-state index in [0.717, 1.165) is 6.42 Å². The van der Waals surface area contributed by atoms with Crippen LogP contribution in [-0.4, -0.2) is 13.7 Å². The molecule has 84 valence electrons. The molecule has 0 aliphatic heterocycles. The summed E-state index contributed by atoms with van der Waals surface area (Å²) in [6.07, 6.45) is 2.14. The van der Waals surface area contributed by atoms with E-state index in [1.807, 2.05) is 0 Å². The van der Waals surface area contributed by atoms with E-state index in [9.17, 15) is 8.42 Å². The number of sulfone groups is 1. The molecule has 0 bridgehead atoms. The zero-order chi connectivity index (χ0) is 11.6. The largest absolute Gasteiger partial charge is 0.223 e. The van der Waals surface area contributed by atoms with Crippen LogP contribution in [0.2, 0.25) is 0 Å². The van der Waals surface area contributed by atoms with Gasteiger partial charge in [0.15, 0.2) is 9.84 Å². The molecule has 0 saturated heterocycles. The van der Waals surface area contributed by atoms with Crippen molar-refractivity contribution in [3.63, 3.8) is 0 Å². The summed E-state index contributed by atoms with van der Waals surface area (Å²) in [6.45, 7) is 0. The van der Waals surface area contributed by atoms with Crippen LogP contribution in [0.15, 0.2) is 35.2 Å². The SMILES string of the molecule is N#CC1CCCC1S(=O)(=O)c1ccccc1. The lowest BCUT2D eigenvalue weighted by molar-refractivity contribution is 0.565. The molecule has 1 fully saturated rings. The summed E-state index contributed by atoms with van der Waals surface area (Å²) in [5, 5.41) is 8.42. The lowest BCUT2D eigenvalue weighted by Gasteiger charge is -2.14. The molecular weight excluding hydrogens is 222 g/mol. The first kappa shape index (κ1) is 11.2. The Morgan fingerprint density at radius 3 is 2.50 bits per heavy atom. The molecule has 1 aromatic carbocycles. The highest BCUT2D eigenvalue weighted by Gasteiger charge is 2.38. The minimum Gasteiger partial charge on any atom is -0.223 e. The fourth-order valence-electron chi connectivity index (χ4n) is 2.23. The Morgan fingerprint density at radius 1 is 1.19 bits per heavy atom. The van der Waals surface area contributed by atoms with Gasteiger partial charge in [0.2, 0.25) is 0 Å². The van der Waals surface area contributed by atoms with Gasteiger partial charge in [0, 0.05) is 0 Å². The van der Waals surface area contributed by atoms with Gasteiger partial charge in [-0.1, -0.05) is 24.6 Å². The van der Waals surface area contributed by atoms with Gasteiger partial charge >= 0.3 is 0 Å². The van der Waals surface area contributed by atoms with E-state index < -0.39 is 15.1 Å². The van der Waals surface area contributed by atoms with Crippen molar-refractivity contribution >= 4 is 9.84 Å². The molecule has 4 heteroatoms.